The number of hydrogen-bond acceptors (Lipinski definition) is 1. The molecule has 0 spiro atoms. The summed E-state index contributed by atoms with van der Waals surface area (Å²) >= 11 is 1.01. The minimum absolute atomic E-state index is 0.137. The van der Waals surface area contributed by atoms with Crippen LogP contribution in [0, 0.1) is 6.07 Å². The lowest BCUT2D eigenvalue weighted by Gasteiger charge is -2.14. The number of rotatable bonds is 1. The maximum absolute atomic E-state index is 13.1. The number of fused-ring (bicyclic) bond motifs is 1. The van der Waals surface area contributed by atoms with Gasteiger partial charge in [0.15, 0.2) is 0 Å². The number of hydrogen-bond donors (Lipinski definition) is 0. The van der Waals surface area contributed by atoms with E-state index < -0.39 is 29.0 Å². The van der Waals surface area contributed by atoms with E-state index in [4.69, 9.17) is 0 Å². The van der Waals surface area contributed by atoms with Gasteiger partial charge in [-0.15, -0.1) is 11.3 Å². The summed E-state index contributed by atoms with van der Waals surface area (Å²) in [7, 11) is 0. The Kier molecular flexibility index (Phi) is 3.63. The highest BCUT2D eigenvalue weighted by Gasteiger charge is 2.37. The predicted octanol–water partition coefficient (Wildman–Crippen LogP) is 6.41. The molecule has 119 valence electrons. The van der Waals surface area contributed by atoms with Crippen molar-refractivity contribution in [3.05, 3.63) is 59.7 Å². The lowest BCUT2D eigenvalue weighted by atomic mass is 10.0. The smallest absolute Gasteiger partial charge is 0.166 e. The van der Waals surface area contributed by atoms with Crippen LogP contribution in [0.15, 0.2) is 42.5 Å². The van der Waals surface area contributed by atoms with Gasteiger partial charge in [0.1, 0.15) is 0 Å². The molecule has 0 aliphatic heterocycles. The molecule has 0 amide bonds. The van der Waals surface area contributed by atoms with Gasteiger partial charge < -0.3 is 0 Å². The Hall–Kier alpha value is -2.02. The van der Waals surface area contributed by atoms with Crippen LogP contribution in [0.2, 0.25) is 0 Å². The SMILES string of the molecule is FC(F)(F)c1ccc(C(F)(F)F)c(-c2cc3c[c]ccc3s2)c1. The van der Waals surface area contributed by atoms with Gasteiger partial charge >= 0.3 is 12.4 Å². The third-order valence-electron chi connectivity index (χ3n) is 3.28. The number of alkyl halides is 6. The van der Waals surface area contributed by atoms with E-state index in [1.54, 1.807) is 18.2 Å². The summed E-state index contributed by atoms with van der Waals surface area (Å²) in [5, 5.41) is 0.637. The third kappa shape index (κ3) is 3.06. The summed E-state index contributed by atoms with van der Waals surface area (Å²) in [5.41, 5.74) is -2.65. The number of halogens is 6. The van der Waals surface area contributed by atoms with E-state index in [2.05, 4.69) is 6.07 Å². The standard InChI is InChI=1S/C16H7F6S/c17-15(18,19)10-5-6-12(16(20,21)22)11(8-10)14-7-9-3-1-2-4-13(9)23-14/h2-8H. The second-order valence-corrected chi connectivity index (χ2v) is 5.91. The molecular formula is C16H7F6S. The van der Waals surface area contributed by atoms with Crippen LogP contribution < -0.4 is 0 Å². The Morgan fingerprint density at radius 2 is 1.61 bits per heavy atom. The Morgan fingerprint density at radius 1 is 0.870 bits per heavy atom. The second-order valence-electron chi connectivity index (χ2n) is 4.83. The Morgan fingerprint density at radius 3 is 2.22 bits per heavy atom. The first-order chi connectivity index (χ1) is 10.7. The quantitative estimate of drug-likeness (QED) is 0.447. The highest BCUT2D eigenvalue weighted by atomic mass is 32.1. The minimum atomic E-state index is -4.73. The summed E-state index contributed by atoms with van der Waals surface area (Å²) in [4.78, 5) is 0.137. The largest absolute Gasteiger partial charge is 0.417 e. The molecule has 0 aliphatic rings. The molecule has 1 radical (unpaired) electrons. The molecule has 7 heteroatoms. The monoisotopic (exact) mass is 345 g/mol. The van der Waals surface area contributed by atoms with E-state index in [1.165, 1.54) is 6.07 Å². The van der Waals surface area contributed by atoms with Crippen LogP contribution in [0.4, 0.5) is 26.3 Å². The van der Waals surface area contributed by atoms with Crippen molar-refractivity contribution >= 4 is 21.4 Å². The molecule has 0 N–H and O–H groups in total. The first kappa shape index (κ1) is 15.9. The molecule has 0 bridgehead atoms. The van der Waals surface area contributed by atoms with Crippen LogP contribution in [-0.4, -0.2) is 0 Å². The first-order valence-electron chi connectivity index (χ1n) is 6.35. The molecule has 0 aliphatic carbocycles. The fourth-order valence-electron chi connectivity index (χ4n) is 2.23. The molecule has 0 saturated heterocycles. The lowest BCUT2D eigenvalue weighted by molar-refractivity contribution is -0.141. The highest BCUT2D eigenvalue weighted by molar-refractivity contribution is 7.22. The van der Waals surface area contributed by atoms with Crippen molar-refractivity contribution in [3.8, 4) is 10.4 Å². The summed E-state index contributed by atoms with van der Waals surface area (Å²) < 4.78 is 78.6. The van der Waals surface area contributed by atoms with Crippen molar-refractivity contribution in [1.29, 1.82) is 0 Å². The summed E-state index contributed by atoms with van der Waals surface area (Å²) in [6, 6.07) is 10.5. The van der Waals surface area contributed by atoms with Gasteiger partial charge in [-0.05, 0) is 47.9 Å². The molecule has 3 rings (SSSR count). The van der Waals surface area contributed by atoms with Gasteiger partial charge in [0.05, 0.1) is 11.1 Å². The van der Waals surface area contributed by atoms with E-state index in [-0.39, 0.29) is 4.88 Å². The van der Waals surface area contributed by atoms with Crippen molar-refractivity contribution in [3.63, 3.8) is 0 Å². The molecule has 3 aromatic rings. The Labute approximate surface area is 131 Å². The van der Waals surface area contributed by atoms with Crippen molar-refractivity contribution in [2.75, 3.05) is 0 Å². The summed E-state index contributed by atoms with van der Waals surface area (Å²) in [6.45, 7) is 0. The lowest BCUT2D eigenvalue weighted by Crippen LogP contribution is -2.10. The van der Waals surface area contributed by atoms with Crippen LogP contribution in [0.5, 0.6) is 0 Å². The molecule has 0 nitrogen and oxygen atoms in total. The van der Waals surface area contributed by atoms with E-state index in [9.17, 15) is 26.3 Å². The molecule has 0 fully saturated rings. The molecule has 2 aromatic carbocycles. The van der Waals surface area contributed by atoms with E-state index in [1.807, 2.05) is 0 Å². The van der Waals surface area contributed by atoms with E-state index in [0.29, 0.717) is 28.3 Å². The van der Waals surface area contributed by atoms with Gasteiger partial charge in [-0.25, -0.2) is 0 Å². The summed E-state index contributed by atoms with van der Waals surface area (Å²) in [5.74, 6) is 0. The molecule has 1 aromatic heterocycles. The maximum Gasteiger partial charge on any atom is 0.417 e. The molecule has 0 atom stereocenters. The summed E-state index contributed by atoms with van der Waals surface area (Å²) in [6.07, 6.45) is -9.44. The van der Waals surface area contributed by atoms with Gasteiger partial charge in [-0.2, -0.15) is 26.3 Å². The van der Waals surface area contributed by atoms with Gasteiger partial charge in [0, 0.05) is 15.1 Å². The first-order valence-corrected chi connectivity index (χ1v) is 7.16. The average Bonchev–Trinajstić information content (AvgIpc) is 2.88. The van der Waals surface area contributed by atoms with Crippen LogP contribution in [0.25, 0.3) is 20.5 Å². The van der Waals surface area contributed by atoms with Crippen LogP contribution in [0.3, 0.4) is 0 Å². The molecule has 0 saturated carbocycles. The topological polar surface area (TPSA) is 0 Å². The normalized spacial score (nSPS) is 12.8. The average molecular weight is 345 g/mol. The van der Waals surface area contributed by atoms with Crippen LogP contribution in [0.1, 0.15) is 11.1 Å². The van der Waals surface area contributed by atoms with Crippen LogP contribution in [-0.2, 0) is 12.4 Å². The van der Waals surface area contributed by atoms with Crippen molar-refractivity contribution in [2.45, 2.75) is 12.4 Å². The number of thiophene rings is 1. The zero-order valence-electron chi connectivity index (χ0n) is 11.2. The molecule has 1 heterocycles. The predicted molar refractivity (Wildman–Crippen MR) is 76.1 cm³/mol. The van der Waals surface area contributed by atoms with Crippen LogP contribution >= 0.6 is 11.3 Å². The van der Waals surface area contributed by atoms with Gasteiger partial charge in [-0.3, -0.25) is 0 Å². The van der Waals surface area contributed by atoms with Gasteiger partial charge in [0.2, 0.25) is 0 Å². The minimum Gasteiger partial charge on any atom is -0.166 e. The zero-order valence-corrected chi connectivity index (χ0v) is 12.0. The Balaban J connectivity index is 2.26. The fourth-order valence-corrected chi connectivity index (χ4v) is 3.30. The third-order valence-corrected chi connectivity index (χ3v) is 4.43. The molecule has 23 heavy (non-hydrogen) atoms. The highest BCUT2D eigenvalue weighted by Crippen LogP contribution is 2.43. The van der Waals surface area contributed by atoms with E-state index >= 15 is 0 Å². The maximum atomic E-state index is 13.1. The fraction of sp³-hybridized carbons (Fsp3) is 0.125. The van der Waals surface area contributed by atoms with Crippen molar-refractivity contribution < 1.29 is 26.3 Å². The second kappa shape index (κ2) is 5.26. The van der Waals surface area contributed by atoms with Gasteiger partial charge in [0.25, 0.3) is 0 Å². The molecular weight excluding hydrogens is 338 g/mol. The zero-order chi connectivity index (χ0) is 16.8. The Bertz CT molecular complexity index is 824. The van der Waals surface area contributed by atoms with Crippen molar-refractivity contribution in [2.24, 2.45) is 0 Å². The molecule has 0 unspecified atom stereocenters. The van der Waals surface area contributed by atoms with Gasteiger partial charge in [-0.1, -0.05) is 6.07 Å². The number of benzene rings is 2. The van der Waals surface area contributed by atoms with Crippen molar-refractivity contribution in [1.82, 2.24) is 0 Å². The van der Waals surface area contributed by atoms with E-state index in [0.717, 1.165) is 11.3 Å².